The number of hydrogen-bond acceptors (Lipinski definition) is 3. The topological polar surface area (TPSA) is 30.5 Å². The van der Waals surface area contributed by atoms with Crippen molar-refractivity contribution in [2.45, 2.75) is 13.0 Å². The largest absolute Gasteiger partial charge is 0.454 e. The van der Waals surface area contributed by atoms with Crippen LogP contribution in [0.2, 0.25) is 0 Å². The molecule has 2 aromatic rings. The van der Waals surface area contributed by atoms with E-state index in [0.717, 1.165) is 21.5 Å². The van der Waals surface area contributed by atoms with Gasteiger partial charge in [-0.25, -0.2) is 4.39 Å². The molecule has 0 aromatic heterocycles. The molecule has 0 aliphatic carbocycles. The molecular formula is C15H13BrFNO2. The van der Waals surface area contributed by atoms with Gasteiger partial charge in [-0.15, -0.1) is 0 Å². The third-order valence-corrected chi connectivity index (χ3v) is 3.69. The molecule has 3 nitrogen and oxygen atoms in total. The minimum Gasteiger partial charge on any atom is -0.454 e. The molecule has 1 N–H and O–H groups in total. The van der Waals surface area contributed by atoms with Crippen LogP contribution in [0.1, 0.15) is 18.5 Å². The van der Waals surface area contributed by atoms with E-state index in [0.29, 0.717) is 5.69 Å². The van der Waals surface area contributed by atoms with Crippen LogP contribution in [0, 0.1) is 5.82 Å². The summed E-state index contributed by atoms with van der Waals surface area (Å²) in [6.07, 6.45) is 0. The van der Waals surface area contributed by atoms with Gasteiger partial charge in [0.1, 0.15) is 5.82 Å². The van der Waals surface area contributed by atoms with E-state index < -0.39 is 0 Å². The average molecular weight is 338 g/mol. The highest BCUT2D eigenvalue weighted by Crippen LogP contribution is 2.35. The standard InChI is InChI=1S/C15H13BrFNO2/c1-9(18-13-7-11(16)3-4-12(13)17)10-2-5-14-15(6-10)20-8-19-14/h2-7,9,18H,8H2,1H3. The van der Waals surface area contributed by atoms with Gasteiger partial charge in [0.05, 0.1) is 5.69 Å². The maximum Gasteiger partial charge on any atom is 0.231 e. The number of nitrogens with one attached hydrogen (secondary N) is 1. The Hall–Kier alpha value is -1.75. The Labute approximate surface area is 124 Å². The zero-order valence-electron chi connectivity index (χ0n) is 10.8. The van der Waals surface area contributed by atoms with Crippen molar-refractivity contribution in [2.24, 2.45) is 0 Å². The molecule has 0 amide bonds. The smallest absolute Gasteiger partial charge is 0.231 e. The van der Waals surface area contributed by atoms with Gasteiger partial charge >= 0.3 is 0 Å². The first kappa shape index (κ1) is 13.2. The highest BCUT2D eigenvalue weighted by Gasteiger charge is 2.16. The fourth-order valence-corrected chi connectivity index (χ4v) is 2.47. The van der Waals surface area contributed by atoms with E-state index in [2.05, 4.69) is 21.2 Å². The average Bonchev–Trinajstić information content (AvgIpc) is 2.90. The summed E-state index contributed by atoms with van der Waals surface area (Å²) in [5, 5.41) is 3.16. The number of rotatable bonds is 3. The Morgan fingerprint density at radius 2 is 1.95 bits per heavy atom. The molecule has 1 aliphatic heterocycles. The molecule has 3 rings (SSSR count). The fourth-order valence-electron chi connectivity index (χ4n) is 2.11. The summed E-state index contributed by atoms with van der Waals surface area (Å²) in [6.45, 7) is 2.22. The van der Waals surface area contributed by atoms with Gasteiger partial charge in [0.2, 0.25) is 6.79 Å². The molecule has 0 saturated heterocycles. The molecular weight excluding hydrogens is 325 g/mol. The van der Waals surface area contributed by atoms with Gasteiger partial charge < -0.3 is 14.8 Å². The lowest BCUT2D eigenvalue weighted by Gasteiger charge is -2.17. The number of ether oxygens (including phenoxy) is 2. The molecule has 0 saturated carbocycles. The summed E-state index contributed by atoms with van der Waals surface area (Å²) in [5.41, 5.74) is 1.47. The van der Waals surface area contributed by atoms with Crippen molar-refractivity contribution in [1.29, 1.82) is 0 Å². The number of fused-ring (bicyclic) bond motifs is 1. The maximum atomic E-state index is 13.7. The highest BCUT2D eigenvalue weighted by molar-refractivity contribution is 9.10. The molecule has 0 radical (unpaired) electrons. The number of halogens is 2. The van der Waals surface area contributed by atoms with Crippen LogP contribution in [0.3, 0.4) is 0 Å². The summed E-state index contributed by atoms with van der Waals surface area (Å²) >= 11 is 3.34. The summed E-state index contributed by atoms with van der Waals surface area (Å²) in [4.78, 5) is 0. The van der Waals surface area contributed by atoms with Crippen molar-refractivity contribution >= 4 is 21.6 Å². The van der Waals surface area contributed by atoms with Crippen LogP contribution in [0.25, 0.3) is 0 Å². The van der Waals surface area contributed by atoms with E-state index in [1.54, 1.807) is 12.1 Å². The molecule has 5 heteroatoms. The molecule has 1 atom stereocenters. The van der Waals surface area contributed by atoms with E-state index in [1.807, 2.05) is 25.1 Å². The number of benzene rings is 2. The van der Waals surface area contributed by atoms with E-state index in [9.17, 15) is 4.39 Å². The second-order valence-corrected chi connectivity index (χ2v) is 5.52. The molecule has 1 unspecified atom stereocenters. The van der Waals surface area contributed by atoms with Crippen molar-refractivity contribution < 1.29 is 13.9 Å². The first-order valence-corrected chi connectivity index (χ1v) is 7.04. The van der Waals surface area contributed by atoms with Gasteiger partial charge in [-0.1, -0.05) is 22.0 Å². The molecule has 1 aliphatic rings. The van der Waals surface area contributed by atoms with Crippen LogP contribution in [0.15, 0.2) is 40.9 Å². The first-order chi connectivity index (χ1) is 9.63. The van der Waals surface area contributed by atoms with Gasteiger partial charge in [0.15, 0.2) is 11.5 Å². The number of hydrogen-bond donors (Lipinski definition) is 1. The Balaban J connectivity index is 1.82. The zero-order valence-corrected chi connectivity index (χ0v) is 12.4. The van der Waals surface area contributed by atoms with Crippen molar-refractivity contribution in [1.82, 2.24) is 0 Å². The van der Waals surface area contributed by atoms with Gasteiger partial charge in [0, 0.05) is 10.5 Å². The SMILES string of the molecule is CC(Nc1cc(Br)ccc1F)c1ccc2c(c1)OCO2. The van der Waals surface area contributed by atoms with Crippen LogP contribution in [-0.2, 0) is 0 Å². The summed E-state index contributed by atoms with van der Waals surface area (Å²) in [7, 11) is 0. The van der Waals surface area contributed by atoms with Crippen LogP contribution in [0.4, 0.5) is 10.1 Å². The van der Waals surface area contributed by atoms with Crippen LogP contribution in [0.5, 0.6) is 11.5 Å². The van der Waals surface area contributed by atoms with E-state index in [-0.39, 0.29) is 18.7 Å². The Morgan fingerprint density at radius 3 is 2.80 bits per heavy atom. The highest BCUT2D eigenvalue weighted by atomic mass is 79.9. The Bertz CT molecular complexity index is 648. The van der Waals surface area contributed by atoms with Gasteiger partial charge in [0.25, 0.3) is 0 Å². The fraction of sp³-hybridized carbons (Fsp3) is 0.200. The third-order valence-electron chi connectivity index (χ3n) is 3.20. The predicted molar refractivity (Wildman–Crippen MR) is 78.7 cm³/mol. The zero-order chi connectivity index (χ0) is 14.1. The summed E-state index contributed by atoms with van der Waals surface area (Å²) < 4.78 is 25.2. The minimum atomic E-state index is -0.277. The maximum absolute atomic E-state index is 13.7. The minimum absolute atomic E-state index is 0.0479. The monoisotopic (exact) mass is 337 g/mol. The van der Waals surface area contributed by atoms with Crippen LogP contribution >= 0.6 is 15.9 Å². The second-order valence-electron chi connectivity index (χ2n) is 4.60. The predicted octanol–water partition coefficient (Wildman–Crippen LogP) is 4.49. The van der Waals surface area contributed by atoms with Gasteiger partial charge in [-0.05, 0) is 42.8 Å². The van der Waals surface area contributed by atoms with Crippen molar-refractivity contribution in [3.63, 3.8) is 0 Å². The molecule has 2 aromatic carbocycles. The first-order valence-electron chi connectivity index (χ1n) is 6.24. The lowest BCUT2D eigenvalue weighted by molar-refractivity contribution is 0.174. The van der Waals surface area contributed by atoms with Crippen molar-refractivity contribution in [3.05, 3.63) is 52.3 Å². The lowest BCUT2D eigenvalue weighted by atomic mass is 10.1. The lowest BCUT2D eigenvalue weighted by Crippen LogP contribution is -2.08. The molecule has 20 heavy (non-hydrogen) atoms. The van der Waals surface area contributed by atoms with Crippen LogP contribution < -0.4 is 14.8 Å². The quantitative estimate of drug-likeness (QED) is 0.894. The van der Waals surface area contributed by atoms with Crippen molar-refractivity contribution in [2.75, 3.05) is 12.1 Å². The molecule has 0 bridgehead atoms. The Morgan fingerprint density at radius 1 is 1.15 bits per heavy atom. The van der Waals surface area contributed by atoms with Crippen molar-refractivity contribution in [3.8, 4) is 11.5 Å². The van der Waals surface area contributed by atoms with E-state index in [4.69, 9.17) is 9.47 Å². The second kappa shape index (κ2) is 5.32. The number of anilines is 1. The summed E-state index contributed by atoms with van der Waals surface area (Å²) in [5.74, 6) is 1.20. The normalized spacial score (nSPS) is 14.2. The van der Waals surface area contributed by atoms with Crippen LogP contribution in [-0.4, -0.2) is 6.79 Å². The van der Waals surface area contributed by atoms with E-state index in [1.165, 1.54) is 6.07 Å². The van der Waals surface area contributed by atoms with Gasteiger partial charge in [-0.2, -0.15) is 0 Å². The van der Waals surface area contributed by atoms with Gasteiger partial charge in [-0.3, -0.25) is 0 Å². The molecule has 1 heterocycles. The van der Waals surface area contributed by atoms with E-state index >= 15 is 0 Å². The third kappa shape index (κ3) is 2.58. The molecule has 0 spiro atoms. The summed E-state index contributed by atoms with van der Waals surface area (Å²) in [6, 6.07) is 10.5. The molecule has 0 fully saturated rings. The molecule has 104 valence electrons. The Kier molecular flexibility index (Phi) is 3.53.